The van der Waals surface area contributed by atoms with Crippen LogP contribution in [0.2, 0.25) is 0 Å². The van der Waals surface area contributed by atoms with E-state index in [4.69, 9.17) is 0 Å². The Morgan fingerprint density at radius 3 is 1.35 bits per heavy atom. The average molecular weight is 317 g/mol. The number of unbranched alkanes of at least 4 members (excludes halogenated alkanes) is 1. The molecule has 0 aliphatic rings. The van der Waals surface area contributed by atoms with Crippen molar-refractivity contribution in [1.82, 2.24) is 0 Å². The maximum atomic E-state index is 10.3. The molecule has 1 heteroatoms. The molecular formula is C22H36O. The smallest absolute Gasteiger partial charge is 0.120 e. The summed E-state index contributed by atoms with van der Waals surface area (Å²) >= 11 is 0. The molecule has 23 heavy (non-hydrogen) atoms. The maximum absolute atomic E-state index is 10.3. The van der Waals surface area contributed by atoms with Crippen molar-refractivity contribution < 1.29 is 4.79 Å². The zero-order valence-corrected chi connectivity index (χ0v) is 16.0. The summed E-state index contributed by atoms with van der Waals surface area (Å²) in [7, 11) is 0. The number of rotatable bonds is 12. The summed E-state index contributed by atoms with van der Waals surface area (Å²) in [5.41, 5.74) is 5.79. The van der Waals surface area contributed by atoms with Crippen molar-refractivity contribution in [2.75, 3.05) is 0 Å². The molecule has 0 atom stereocenters. The summed E-state index contributed by atoms with van der Waals surface area (Å²) in [4.78, 5) is 10.3. The van der Waals surface area contributed by atoms with Gasteiger partial charge in [-0.3, -0.25) is 0 Å². The summed E-state index contributed by atoms with van der Waals surface area (Å²) in [6.07, 6.45) is 18.6. The summed E-state index contributed by atoms with van der Waals surface area (Å²) < 4.78 is 0. The first-order chi connectivity index (χ1) is 11.0. The van der Waals surface area contributed by atoms with Crippen LogP contribution in [0.4, 0.5) is 0 Å². The predicted octanol–water partition coefficient (Wildman–Crippen LogP) is 7.11. The van der Waals surface area contributed by atoms with Gasteiger partial charge in [0.2, 0.25) is 0 Å². The topological polar surface area (TPSA) is 17.1 Å². The zero-order chi connectivity index (χ0) is 17.5. The SMILES string of the molecule is CC(C)=CCCC(C)=CCCC(C)=CCCC(C)=CCCC=O. The highest BCUT2D eigenvalue weighted by atomic mass is 16.1. The molecule has 0 aromatic carbocycles. The van der Waals surface area contributed by atoms with E-state index < -0.39 is 0 Å². The van der Waals surface area contributed by atoms with Crippen LogP contribution >= 0.6 is 0 Å². The van der Waals surface area contributed by atoms with Gasteiger partial charge < -0.3 is 4.79 Å². The van der Waals surface area contributed by atoms with Gasteiger partial charge in [-0.15, -0.1) is 0 Å². The van der Waals surface area contributed by atoms with Crippen molar-refractivity contribution in [1.29, 1.82) is 0 Å². The fraction of sp³-hybridized carbons (Fsp3) is 0.591. The Morgan fingerprint density at radius 1 is 0.565 bits per heavy atom. The molecule has 0 spiro atoms. The monoisotopic (exact) mass is 316 g/mol. The predicted molar refractivity (Wildman–Crippen MR) is 104 cm³/mol. The van der Waals surface area contributed by atoms with E-state index in [1.807, 2.05) is 0 Å². The van der Waals surface area contributed by atoms with Crippen molar-refractivity contribution in [2.45, 2.75) is 86.0 Å². The van der Waals surface area contributed by atoms with E-state index in [2.05, 4.69) is 58.9 Å². The fourth-order valence-electron chi connectivity index (χ4n) is 2.38. The molecular weight excluding hydrogens is 280 g/mol. The molecule has 0 fully saturated rings. The lowest BCUT2D eigenvalue weighted by atomic mass is 10.0. The van der Waals surface area contributed by atoms with Gasteiger partial charge >= 0.3 is 0 Å². The number of allylic oxidation sites excluding steroid dienone is 8. The Hall–Kier alpha value is -1.37. The third kappa shape index (κ3) is 15.3. The summed E-state index contributed by atoms with van der Waals surface area (Å²) in [6, 6.07) is 0. The van der Waals surface area contributed by atoms with Gasteiger partial charge in [0.1, 0.15) is 6.29 Å². The molecule has 0 amide bonds. The molecule has 0 aliphatic heterocycles. The van der Waals surface area contributed by atoms with E-state index in [0.29, 0.717) is 6.42 Å². The van der Waals surface area contributed by atoms with Gasteiger partial charge in [-0.25, -0.2) is 0 Å². The van der Waals surface area contributed by atoms with E-state index >= 15 is 0 Å². The molecule has 0 heterocycles. The molecule has 0 aromatic heterocycles. The maximum Gasteiger partial charge on any atom is 0.120 e. The Labute approximate surface area is 144 Å². The third-order valence-electron chi connectivity index (χ3n) is 3.93. The first-order valence-corrected chi connectivity index (χ1v) is 8.99. The van der Waals surface area contributed by atoms with Crippen molar-refractivity contribution >= 4 is 6.29 Å². The second kappa shape index (κ2) is 14.2. The van der Waals surface area contributed by atoms with Gasteiger partial charge in [-0.05, 0) is 79.6 Å². The molecule has 0 N–H and O–H groups in total. The zero-order valence-electron chi connectivity index (χ0n) is 16.0. The van der Waals surface area contributed by atoms with Crippen LogP contribution in [0.25, 0.3) is 0 Å². The minimum absolute atomic E-state index is 0.644. The normalized spacial score (nSPS) is 13.2. The summed E-state index contributed by atoms with van der Waals surface area (Å²) in [6.45, 7) is 11.0. The Bertz CT molecular complexity index is 443. The van der Waals surface area contributed by atoms with E-state index in [0.717, 1.165) is 44.8 Å². The molecule has 130 valence electrons. The summed E-state index contributed by atoms with van der Waals surface area (Å²) in [5.74, 6) is 0. The Kier molecular flexibility index (Phi) is 13.4. The lowest BCUT2D eigenvalue weighted by Crippen LogP contribution is -1.82. The second-order valence-electron chi connectivity index (χ2n) is 6.79. The van der Waals surface area contributed by atoms with Gasteiger partial charge in [-0.1, -0.05) is 46.6 Å². The van der Waals surface area contributed by atoms with Crippen LogP contribution in [-0.2, 0) is 4.79 Å². The van der Waals surface area contributed by atoms with Gasteiger partial charge in [0.25, 0.3) is 0 Å². The van der Waals surface area contributed by atoms with Crippen molar-refractivity contribution in [3.63, 3.8) is 0 Å². The summed E-state index contributed by atoms with van der Waals surface area (Å²) in [5, 5.41) is 0. The van der Waals surface area contributed by atoms with Crippen LogP contribution in [0.15, 0.2) is 46.6 Å². The Morgan fingerprint density at radius 2 is 0.957 bits per heavy atom. The van der Waals surface area contributed by atoms with Gasteiger partial charge in [0.05, 0.1) is 0 Å². The highest BCUT2D eigenvalue weighted by Gasteiger charge is 1.93. The lowest BCUT2D eigenvalue weighted by molar-refractivity contribution is -0.107. The quantitative estimate of drug-likeness (QED) is 0.213. The first kappa shape index (κ1) is 21.6. The molecule has 0 rings (SSSR count). The second-order valence-corrected chi connectivity index (χ2v) is 6.79. The number of hydrogen-bond donors (Lipinski definition) is 0. The van der Waals surface area contributed by atoms with Crippen molar-refractivity contribution in [3.8, 4) is 0 Å². The van der Waals surface area contributed by atoms with Gasteiger partial charge in [-0.2, -0.15) is 0 Å². The van der Waals surface area contributed by atoms with Crippen LogP contribution in [-0.4, -0.2) is 6.29 Å². The number of carbonyl (C=O) groups is 1. The van der Waals surface area contributed by atoms with Crippen molar-refractivity contribution in [2.24, 2.45) is 0 Å². The van der Waals surface area contributed by atoms with Crippen LogP contribution in [0, 0.1) is 0 Å². The lowest BCUT2D eigenvalue weighted by Gasteiger charge is -2.02. The van der Waals surface area contributed by atoms with E-state index in [-0.39, 0.29) is 0 Å². The molecule has 0 saturated carbocycles. The number of aldehydes is 1. The minimum Gasteiger partial charge on any atom is -0.303 e. The molecule has 0 bridgehead atoms. The molecule has 0 saturated heterocycles. The average Bonchev–Trinajstić information content (AvgIpc) is 2.47. The van der Waals surface area contributed by atoms with Crippen LogP contribution in [0.3, 0.4) is 0 Å². The standard InChI is InChI=1S/C22H36O/c1-19(2)11-8-13-21(4)15-10-17-22(5)16-9-14-20(3)12-6-7-18-23/h11-12,15-16,18H,6-10,13-14,17H2,1-5H3. The van der Waals surface area contributed by atoms with Gasteiger partial charge in [0.15, 0.2) is 0 Å². The fourth-order valence-corrected chi connectivity index (χ4v) is 2.38. The number of hydrogen-bond acceptors (Lipinski definition) is 1. The van der Waals surface area contributed by atoms with Crippen LogP contribution in [0.5, 0.6) is 0 Å². The van der Waals surface area contributed by atoms with Gasteiger partial charge in [0, 0.05) is 6.42 Å². The molecule has 0 radical (unpaired) electrons. The molecule has 0 aromatic rings. The highest BCUT2D eigenvalue weighted by molar-refractivity contribution is 5.49. The molecule has 0 unspecified atom stereocenters. The molecule has 1 nitrogen and oxygen atoms in total. The van der Waals surface area contributed by atoms with E-state index in [9.17, 15) is 4.79 Å². The molecule has 0 aliphatic carbocycles. The van der Waals surface area contributed by atoms with E-state index in [1.165, 1.54) is 28.7 Å². The van der Waals surface area contributed by atoms with E-state index in [1.54, 1.807) is 0 Å². The first-order valence-electron chi connectivity index (χ1n) is 8.99. The van der Waals surface area contributed by atoms with Crippen LogP contribution in [0.1, 0.15) is 86.0 Å². The Balaban J connectivity index is 3.95. The third-order valence-corrected chi connectivity index (χ3v) is 3.93. The largest absolute Gasteiger partial charge is 0.303 e. The number of carbonyl (C=O) groups excluding carboxylic acids is 1. The van der Waals surface area contributed by atoms with Crippen LogP contribution < -0.4 is 0 Å². The minimum atomic E-state index is 0.644. The van der Waals surface area contributed by atoms with Crippen molar-refractivity contribution in [3.05, 3.63) is 46.6 Å². The highest BCUT2D eigenvalue weighted by Crippen LogP contribution is 2.13.